The number of carboxylic acid groups (broad SMARTS) is 1. The van der Waals surface area contributed by atoms with E-state index in [0.29, 0.717) is 32.5 Å². The molecule has 0 aromatic heterocycles. The lowest BCUT2D eigenvalue weighted by Crippen LogP contribution is -2.44. The van der Waals surface area contributed by atoms with E-state index < -0.39 is 11.4 Å². The summed E-state index contributed by atoms with van der Waals surface area (Å²) in [5.41, 5.74) is -0.797. The molecule has 19 heavy (non-hydrogen) atoms. The molecule has 1 aliphatic rings. The van der Waals surface area contributed by atoms with E-state index in [-0.39, 0.29) is 12.3 Å². The van der Waals surface area contributed by atoms with Crippen LogP contribution in [0.3, 0.4) is 0 Å². The Kier molecular flexibility index (Phi) is 6.28. The molecule has 0 saturated heterocycles. The zero-order valence-electron chi connectivity index (χ0n) is 12.0. The fourth-order valence-corrected chi connectivity index (χ4v) is 2.38. The number of carboxylic acids is 1. The summed E-state index contributed by atoms with van der Waals surface area (Å²) in [5, 5.41) is 9.27. The van der Waals surface area contributed by atoms with Crippen LogP contribution in [0, 0.1) is 5.41 Å². The van der Waals surface area contributed by atoms with Gasteiger partial charge in [-0.15, -0.1) is 0 Å². The largest absolute Gasteiger partial charge is 0.481 e. The van der Waals surface area contributed by atoms with Gasteiger partial charge in [-0.05, 0) is 19.3 Å². The second kappa shape index (κ2) is 7.48. The first-order valence-corrected chi connectivity index (χ1v) is 7.06. The van der Waals surface area contributed by atoms with Gasteiger partial charge < -0.3 is 14.7 Å². The maximum atomic E-state index is 12.3. The van der Waals surface area contributed by atoms with Crippen LogP contribution >= 0.6 is 0 Å². The molecule has 1 amide bonds. The van der Waals surface area contributed by atoms with Crippen molar-refractivity contribution in [1.29, 1.82) is 0 Å². The maximum absolute atomic E-state index is 12.3. The number of hydrogen-bond acceptors (Lipinski definition) is 3. The van der Waals surface area contributed by atoms with E-state index in [0.717, 1.165) is 19.3 Å². The second-order valence-electron chi connectivity index (χ2n) is 5.34. The van der Waals surface area contributed by atoms with Gasteiger partial charge in [0.2, 0.25) is 5.91 Å². The van der Waals surface area contributed by atoms with Gasteiger partial charge in [0.1, 0.15) is 0 Å². The van der Waals surface area contributed by atoms with Gasteiger partial charge in [0.05, 0.1) is 12.0 Å². The summed E-state index contributed by atoms with van der Waals surface area (Å²) >= 11 is 0. The van der Waals surface area contributed by atoms with E-state index >= 15 is 0 Å². The number of aliphatic carboxylic acids is 1. The molecule has 0 unspecified atom stereocenters. The lowest BCUT2D eigenvalue weighted by Gasteiger charge is -2.38. The number of rotatable bonds is 9. The highest BCUT2D eigenvalue weighted by Crippen LogP contribution is 2.44. The Morgan fingerprint density at radius 3 is 2.42 bits per heavy atom. The fourth-order valence-electron chi connectivity index (χ4n) is 2.38. The van der Waals surface area contributed by atoms with Crippen LogP contribution in [0.15, 0.2) is 0 Å². The molecule has 0 aliphatic heterocycles. The minimum atomic E-state index is -0.825. The van der Waals surface area contributed by atoms with Crippen molar-refractivity contribution < 1.29 is 19.4 Å². The maximum Gasteiger partial charge on any atom is 0.310 e. The Balaban J connectivity index is 2.57. The molecule has 0 aromatic carbocycles. The number of amides is 1. The molecule has 5 heteroatoms. The number of carbonyl (C=O) groups excluding carboxylic acids is 1. The third kappa shape index (κ3) is 4.20. The van der Waals surface area contributed by atoms with Crippen LogP contribution in [-0.4, -0.2) is 48.7 Å². The van der Waals surface area contributed by atoms with Gasteiger partial charge in [0.15, 0.2) is 0 Å². The normalized spacial score (nSPS) is 16.7. The van der Waals surface area contributed by atoms with Crippen molar-refractivity contribution in [1.82, 2.24) is 4.90 Å². The summed E-state index contributed by atoms with van der Waals surface area (Å²) in [7, 11) is 1.60. The Hall–Kier alpha value is -1.10. The van der Waals surface area contributed by atoms with Crippen molar-refractivity contribution in [3.8, 4) is 0 Å². The second-order valence-corrected chi connectivity index (χ2v) is 5.34. The van der Waals surface area contributed by atoms with Crippen molar-refractivity contribution in [2.75, 3.05) is 26.8 Å². The number of carbonyl (C=O) groups is 2. The Morgan fingerprint density at radius 2 is 2.00 bits per heavy atom. The predicted molar refractivity (Wildman–Crippen MR) is 71.9 cm³/mol. The Labute approximate surface area is 114 Å². The number of unbranched alkanes of at least 4 members (excludes halogenated alkanes) is 1. The highest BCUT2D eigenvalue weighted by atomic mass is 16.5. The van der Waals surface area contributed by atoms with Crippen LogP contribution in [0.5, 0.6) is 0 Å². The highest BCUT2D eigenvalue weighted by Gasteiger charge is 2.46. The molecule has 0 radical (unpaired) electrons. The summed E-state index contributed by atoms with van der Waals surface area (Å²) in [6, 6.07) is 0. The monoisotopic (exact) mass is 271 g/mol. The summed E-state index contributed by atoms with van der Waals surface area (Å²) in [6.07, 6.45) is 4.25. The van der Waals surface area contributed by atoms with Crippen LogP contribution in [0.4, 0.5) is 0 Å². The molecular weight excluding hydrogens is 246 g/mol. The van der Waals surface area contributed by atoms with E-state index in [9.17, 15) is 14.7 Å². The number of ether oxygens (including phenoxy) is 1. The third-order valence-corrected chi connectivity index (χ3v) is 3.95. The molecule has 0 atom stereocenters. The summed E-state index contributed by atoms with van der Waals surface area (Å²) < 4.78 is 5.01. The van der Waals surface area contributed by atoms with E-state index in [4.69, 9.17) is 4.74 Å². The zero-order valence-corrected chi connectivity index (χ0v) is 12.0. The van der Waals surface area contributed by atoms with Crippen molar-refractivity contribution in [2.45, 2.75) is 45.4 Å². The third-order valence-electron chi connectivity index (χ3n) is 3.95. The molecule has 1 aliphatic carbocycles. The predicted octanol–water partition coefficient (Wildman–Crippen LogP) is 1.91. The quantitative estimate of drug-likeness (QED) is 0.695. The first kappa shape index (κ1) is 16.0. The van der Waals surface area contributed by atoms with Crippen molar-refractivity contribution in [3.63, 3.8) is 0 Å². The molecule has 1 saturated carbocycles. The van der Waals surface area contributed by atoms with Crippen LogP contribution in [0.1, 0.15) is 45.4 Å². The average molecular weight is 271 g/mol. The topological polar surface area (TPSA) is 66.8 Å². The van der Waals surface area contributed by atoms with Crippen LogP contribution in [-0.2, 0) is 14.3 Å². The smallest absolute Gasteiger partial charge is 0.310 e. The fraction of sp³-hybridized carbons (Fsp3) is 0.857. The lowest BCUT2D eigenvalue weighted by molar-refractivity contribution is -0.159. The number of nitrogens with zero attached hydrogens (tertiary/aromatic N) is 1. The van der Waals surface area contributed by atoms with Crippen LogP contribution in [0.2, 0.25) is 0 Å². The lowest BCUT2D eigenvalue weighted by atomic mass is 9.66. The van der Waals surface area contributed by atoms with E-state index in [1.54, 1.807) is 12.0 Å². The Bertz CT molecular complexity index is 305. The number of hydrogen-bond donors (Lipinski definition) is 1. The first-order chi connectivity index (χ1) is 9.05. The van der Waals surface area contributed by atoms with Gasteiger partial charge in [-0.2, -0.15) is 0 Å². The van der Waals surface area contributed by atoms with E-state index in [1.165, 1.54) is 0 Å². The summed E-state index contributed by atoms with van der Waals surface area (Å²) in [6.45, 7) is 3.80. The Morgan fingerprint density at radius 1 is 1.32 bits per heavy atom. The molecule has 0 bridgehead atoms. The molecule has 1 rings (SSSR count). The first-order valence-electron chi connectivity index (χ1n) is 7.06. The molecule has 1 fully saturated rings. The number of methoxy groups -OCH3 is 1. The minimum Gasteiger partial charge on any atom is -0.481 e. The minimum absolute atomic E-state index is 0.0485. The van der Waals surface area contributed by atoms with Gasteiger partial charge in [-0.25, -0.2) is 0 Å². The SMILES string of the molecule is CCCCN(CCOC)C(=O)CC1(C(=O)O)CCC1. The van der Waals surface area contributed by atoms with Gasteiger partial charge in [0.25, 0.3) is 0 Å². The summed E-state index contributed by atoms with van der Waals surface area (Å²) in [4.78, 5) is 25.3. The van der Waals surface area contributed by atoms with E-state index in [2.05, 4.69) is 6.92 Å². The molecule has 0 aromatic rings. The van der Waals surface area contributed by atoms with Crippen LogP contribution in [0.25, 0.3) is 0 Å². The molecule has 1 N–H and O–H groups in total. The van der Waals surface area contributed by atoms with Crippen molar-refractivity contribution >= 4 is 11.9 Å². The van der Waals surface area contributed by atoms with Crippen molar-refractivity contribution in [3.05, 3.63) is 0 Å². The standard InChI is InChI=1S/C14H25NO4/c1-3-4-8-15(9-10-19-2)12(16)11-14(13(17)18)6-5-7-14/h3-11H2,1-2H3,(H,17,18). The molecule has 0 spiro atoms. The van der Waals surface area contributed by atoms with Gasteiger partial charge in [0, 0.05) is 26.6 Å². The molecule has 0 heterocycles. The molecular formula is C14H25NO4. The summed E-state index contributed by atoms with van der Waals surface area (Å²) in [5.74, 6) is -0.873. The highest BCUT2D eigenvalue weighted by molar-refractivity contribution is 5.85. The van der Waals surface area contributed by atoms with E-state index in [1.807, 2.05) is 0 Å². The van der Waals surface area contributed by atoms with Crippen molar-refractivity contribution in [2.24, 2.45) is 5.41 Å². The van der Waals surface area contributed by atoms with Gasteiger partial charge >= 0.3 is 5.97 Å². The van der Waals surface area contributed by atoms with Gasteiger partial charge in [-0.3, -0.25) is 9.59 Å². The van der Waals surface area contributed by atoms with Gasteiger partial charge in [-0.1, -0.05) is 19.8 Å². The molecule has 5 nitrogen and oxygen atoms in total. The van der Waals surface area contributed by atoms with Crippen LogP contribution < -0.4 is 0 Å². The molecule has 110 valence electrons. The zero-order chi connectivity index (χ0) is 14.3. The average Bonchev–Trinajstić information content (AvgIpc) is 2.33.